The van der Waals surface area contributed by atoms with E-state index in [1.807, 2.05) is 48.5 Å². The topological polar surface area (TPSA) is 49.4 Å². The first-order valence-corrected chi connectivity index (χ1v) is 9.64. The minimum Gasteiger partial charge on any atom is -0.338 e. The quantitative estimate of drug-likeness (QED) is 0.779. The summed E-state index contributed by atoms with van der Waals surface area (Å²) in [6, 6.07) is 15.8. The van der Waals surface area contributed by atoms with E-state index in [1.54, 1.807) is 4.90 Å². The molecule has 1 saturated heterocycles. The van der Waals surface area contributed by atoms with Crippen LogP contribution in [-0.4, -0.2) is 23.3 Å². The first kappa shape index (κ1) is 18.6. The summed E-state index contributed by atoms with van der Waals surface area (Å²) in [6.07, 6.45) is 0.268. The molecular weight excluding hydrogens is 392 g/mol. The summed E-state index contributed by atoms with van der Waals surface area (Å²) in [6.45, 7) is 5.27. The lowest BCUT2D eigenvalue weighted by Gasteiger charge is -2.17. The molecule has 1 N–H and O–H groups in total. The van der Waals surface area contributed by atoms with Crippen molar-refractivity contribution < 1.29 is 9.59 Å². The van der Waals surface area contributed by atoms with Gasteiger partial charge in [0.1, 0.15) is 0 Å². The largest absolute Gasteiger partial charge is 0.338 e. The maximum absolute atomic E-state index is 12.5. The number of likely N-dealkylation sites (tertiary alicyclic amines) is 1. The summed E-state index contributed by atoms with van der Waals surface area (Å²) < 4.78 is 0.987. The van der Waals surface area contributed by atoms with E-state index in [4.69, 9.17) is 0 Å². The number of anilines is 1. The highest BCUT2D eigenvalue weighted by Crippen LogP contribution is 2.23. The Balaban J connectivity index is 1.59. The fourth-order valence-corrected chi connectivity index (χ4v) is 3.60. The molecule has 1 fully saturated rings. The van der Waals surface area contributed by atoms with Gasteiger partial charge in [0, 0.05) is 29.7 Å². The molecule has 0 radical (unpaired) electrons. The van der Waals surface area contributed by atoms with Crippen LogP contribution in [0.3, 0.4) is 0 Å². The fraction of sp³-hybridized carbons (Fsp3) is 0.333. The van der Waals surface area contributed by atoms with Crippen LogP contribution in [0.5, 0.6) is 0 Å². The number of hydrogen-bond donors (Lipinski definition) is 1. The molecule has 0 spiro atoms. The Kier molecular flexibility index (Phi) is 5.77. The number of amides is 2. The third-order valence-electron chi connectivity index (χ3n) is 4.69. The van der Waals surface area contributed by atoms with Crippen LogP contribution in [-0.2, 0) is 16.1 Å². The second-order valence-corrected chi connectivity index (χ2v) is 7.99. The highest BCUT2D eigenvalue weighted by molar-refractivity contribution is 9.10. The summed E-state index contributed by atoms with van der Waals surface area (Å²) in [5.74, 6) is 0.0888. The number of carbonyl (C=O) groups is 2. The van der Waals surface area contributed by atoms with E-state index >= 15 is 0 Å². The van der Waals surface area contributed by atoms with Crippen molar-refractivity contribution in [1.29, 1.82) is 0 Å². The third kappa shape index (κ3) is 4.52. The van der Waals surface area contributed by atoms with Crippen molar-refractivity contribution in [1.82, 2.24) is 4.90 Å². The van der Waals surface area contributed by atoms with Gasteiger partial charge in [0.25, 0.3) is 0 Å². The van der Waals surface area contributed by atoms with Crippen molar-refractivity contribution in [3.05, 3.63) is 64.1 Å². The fourth-order valence-electron chi connectivity index (χ4n) is 3.15. The molecule has 4 nitrogen and oxygen atoms in total. The van der Waals surface area contributed by atoms with E-state index in [0.29, 0.717) is 19.0 Å². The number of hydrogen-bond acceptors (Lipinski definition) is 2. The van der Waals surface area contributed by atoms with Gasteiger partial charge in [-0.1, -0.05) is 54.0 Å². The van der Waals surface area contributed by atoms with Gasteiger partial charge in [0.05, 0.1) is 5.92 Å². The van der Waals surface area contributed by atoms with Gasteiger partial charge in [-0.15, -0.1) is 0 Å². The monoisotopic (exact) mass is 414 g/mol. The molecule has 26 heavy (non-hydrogen) atoms. The highest BCUT2D eigenvalue weighted by atomic mass is 79.9. The highest BCUT2D eigenvalue weighted by Gasteiger charge is 2.34. The molecule has 2 aromatic carbocycles. The Morgan fingerprint density at radius 1 is 1.23 bits per heavy atom. The molecule has 0 bridgehead atoms. The van der Waals surface area contributed by atoms with Gasteiger partial charge < -0.3 is 10.2 Å². The Hall–Kier alpha value is -2.14. The average molecular weight is 415 g/mol. The van der Waals surface area contributed by atoms with Gasteiger partial charge >= 0.3 is 0 Å². The van der Waals surface area contributed by atoms with Crippen LogP contribution in [0, 0.1) is 5.92 Å². The predicted octanol–water partition coefficient (Wildman–Crippen LogP) is 4.56. The Morgan fingerprint density at radius 2 is 1.96 bits per heavy atom. The van der Waals surface area contributed by atoms with Gasteiger partial charge in [0.2, 0.25) is 11.8 Å². The van der Waals surface area contributed by atoms with Crippen LogP contribution in [0.15, 0.2) is 53.0 Å². The van der Waals surface area contributed by atoms with E-state index in [-0.39, 0.29) is 24.2 Å². The summed E-state index contributed by atoms with van der Waals surface area (Å²) >= 11 is 3.45. The second-order valence-electron chi connectivity index (χ2n) is 7.07. The summed E-state index contributed by atoms with van der Waals surface area (Å²) in [5, 5.41) is 2.94. The van der Waals surface area contributed by atoms with E-state index in [1.165, 1.54) is 5.56 Å². The van der Waals surface area contributed by atoms with Crippen LogP contribution >= 0.6 is 15.9 Å². The van der Waals surface area contributed by atoms with E-state index in [9.17, 15) is 9.59 Å². The van der Waals surface area contributed by atoms with Crippen LogP contribution in [0.2, 0.25) is 0 Å². The van der Waals surface area contributed by atoms with Gasteiger partial charge in [-0.3, -0.25) is 9.59 Å². The number of nitrogens with one attached hydrogen (secondary N) is 1. The Labute approximate surface area is 162 Å². The lowest BCUT2D eigenvalue weighted by atomic mass is 10.0. The Morgan fingerprint density at radius 3 is 2.62 bits per heavy atom. The minimum atomic E-state index is -0.306. The number of halogens is 1. The van der Waals surface area contributed by atoms with Crippen molar-refractivity contribution in [2.24, 2.45) is 5.92 Å². The number of carbonyl (C=O) groups excluding carboxylic acids is 2. The second kappa shape index (κ2) is 8.04. The Bertz CT molecular complexity index is 802. The smallest absolute Gasteiger partial charge is 0.229 e. The zero-order valence-corrected chi connectivity index (χ0v) is 16.6. The first-order chi connectivity index (χ1) is 12.4. The molecule has 1 aliphatic heterocycles. The number of nitrogens with zero attached hydrogens (tertiary/aromatic N) is 1. The number of benzene rings is 2. The van der Waals surface area contributed by atoms with Crippen molar-refractivity contribution in [3.63, 3.8) is 0 Å². The van der Waals surface area contributed by atoms with Crippen LogP contribution in [0.4, 0.5) is 5.69 Å². The third-order valence-corrected chi connectivity index (χ3v) is 5.19. The minimum absolute atomic E-state index is 0.0280. The molecule has 2 aromatic rings. The molecule has 1 unspecified atom stereocenters. The zero-order valence-electron chi connectivity index (χ0n) is 15.0. The molecule has 2 amide bonds. The summed E-state index contributed by atoms with van der Waals surface area (Å²) in [4.78, 5) is 26.6. The van der Waals surface area contributed by atoms with Crippen LogP contribution in [0.1, 0.15) is 37.3 Å². The van der Waals surface area contributed by atoms with E-state index in [2.05, 4.69) is 35.1 Å². The predicted molar refractivity (Wildman–Crippen MR) is 107 cm³/mol. The maximum Gasteiger partial charge on any atom is 0.229 e. The summed E-state index contributed by atoms with van der Waals surface area (Å²) in [7, 11) is 0. The van der Waals surface area contributed by atoms with Gasteiger partial charge in [-0.2, -0.15) is 0 Å². The molecule has 1 heterocycles. The lowest BCUT2D eigenvalue weighted by Crippen LogP contribution is -2.28. The average Bonchev–Trinajstić information content (AvgIpc) is 2.96. The number of rotatable bonds is 5. The first-order valence-electron chi connectivity index (χ1n) is 8.85. The normalized spacial score (nSPS) is 17.0. The molecule has 0 saturated carbocycles. The SMILES string of the molecule is CC(C)c1ccc(NC(=O)C2CC(=O)N(Cc3cccc(Br)c3)C2)cc1. The van der Waals surface area contributed by atoms with Gasteiger partial charge in [0.15, 0.2) is 0 Å². The van der Waals surface area contributed by atoms with Crippen LogP contribution in [0.25, 0.3) is 0 Å². The van der Waals surface area contributed by atoms with Crippen molar-refractivity contribution >= 4 is 33.4 Å². The van der Waals surface area contributed by atoms with Crippen LogP contribution < -0.4 is 5.32 Å². The van der Waals surface area contributed by atoms with Crippen molar-refractivity contribution in [2.45, 2.75) is 32.7 Å². The lowest BCUT2D eigenvalue weighted by molar-refractivity contribution is -0.128. The van der Waals surface area contributed by atoms with Gasteiger partial charge in [-0.05, 0) is 41.3 Å². The molecule has 3 rings (SSSR count). The molecule has 1 atom stereocenters. The molecule has 136 valence electrons. The van der Waals surface area contributed by atoms with E-state index < -0.39 is 0 Å². The molecule has 0 aliphatic carbocycles. The summed E-state index contributed by atoms with van der Waals surface area (Å²) in [5.41, 5.74) is 3.06. The zero-order chi connectivity index (χ0) is 18.7. The maximum atomic E-state index is 12.5. The van der Waals surface area contributed by atoms with Crippen molar-refractivity contribution in [2.75, 3.05) is 11.9 Å². The van der Waals surface area contributed by atoms with Crippen molar-refractivity contribution in [3.8, 4) is 0 Å². The molecule has 1 aliphatic rings. The van der Waals surface area contributed by atoms with E-state index in [0.717, 1.165) is 15.7 Å². The molecular formula is C21H23BrN2O2. The van der Waals surface area contributed by atoms with Gasteiger partial charge in [-0.25, -0.2) is 0 Å². The molecule has 5 heteroatoms. The standard InChI is InChI=1S/C21H23BrN2O2/c1-14(2)16-6-8-19(9-7-16)23-21(26)17-11-20(25)24(13-17)12-15-4-3-5-18(22)10-15/h3-10,14,17H,11-13H2,1-2H3,(H,23,26). The molecule has 0 aromatic heterocycles.